The van der Waals surface area contributed by atoms with Gasteiger partial charge in [-0.15, -0.1) is 0 Å². The van der Waals surface area contributed by atoms with Crippen LogP contribution in [0.1, 0.15) is 58.3 Å². The molecule has 0 aliphatic heterocycles. The van der Waals surface area contributed by atoms with Crippen molar-refractivity contribution in [2.45, 2.75) is 58.3 Å². The van der Waals surface area contributed by atoms with E-state index in [2.05, 4.69) is 12.2 Å². The number of rotatable bonds is 9. The molecule has 90 valence electrons. The highest BCUT2D eigenvalue weighted by Gasteiger charge is 2.34. The molecule has 15 heavy (non-hydrogen) atoms. The second-order valence-corrected chi connectivity index (χ2v) is 5.02. The largest absolute Gasteiger partial charge is 0.396 e. The highest BCUT2D eigenvalue weighted by Crippen LogP contribution is 2.42. The van der Waals surface area contributed by atoms with Crippen molar-refractivity contribution in [1.82, 2.24) is 5.32 Å². The van der Waals surface area contributed by atoms with E-state index in [1.165, 1.54) is 51.5 Å². The number of hydrogen-bond acceptors (Lipinski definition) is 2. The summed E-state index contributed by atoms with van der Waals surface area (Å²) in [6, 6.07) is 0. The lowest BCUT2D eigenvalue weighted by molar-refractivity contribution is 0.124. The summed E-state index contributed by atoms with van der Waals surface area (Å²) in [6.45, 7) is 5.06. The maximum atomic E-state index is 8.63. The SMILES string of the molecule is CCC1(CNCCCCCCO)CCC1. The van der Waals surface area contributed by atoms with Gasteiger partial charge in [-0.1, -0.05) is 26.2 Å². The van der Waals surface area contributed by atoms with Gasteiger partial charge >= 0.3 is 0 Å². The molecule has 0 atom stereocenters. The Kier molecular flexibility index (Phi) is 6.26. The maximum Gasteiger partial charge on any atom is 0.0431 e. The summed E-state index contributed by atoms with van der Waals surface area (Å²) in [4.78, 5) is 0. The standard InChI is InChI=1S/C13H27NO/c1-2-13(8-7-9-13)12-14-10-5-3-4-6-11-15/h14-15H,2-12H2,1H3. The Morgan fingerprint density at radius 3 is 2.40 bits per heavy atom. The molecule has 0 bridgehead atoms. The summed E-state index contributed by atoms with van der Waals surface area (Å²) in [5, 5.41) is 12.2. The molecular weight excluding hydrogens is 186 g/mol. The van der Waals surface area contributed by atoms with E-state index in [9.17, 15) is 0 Å². The molecule has 1 rings (SSSR count). The first-order valence-corrected chi connectivity index (χ1v) is 6.64. The van der Waals surface area contributed by atoms with Crippen LogP contribution in [-0.2, 0) is 0 Å². The first-order valence-electron chi connectivity index (χ1n) is 6.64. The van der Waals surface area contributed by atoms with Crippen LogP contribution in [0.3, 0.4) is 0 Å². The Balaban J connectivity index is 1.88. The van der Waals surface area contributed by atoms with Gasteiger partial charge in [0.2, 0.25) is 0 Å². The van der Waals surface area contributed by atoms with Crippen molar-refractivity contribution in [2.24, 2.45) is 5.41 Å². The normalized spacial score (nSPS) is 18.8. The van der Waals surface area contributed by atoms with E-state index < -0.39 is 0 Å². The van der Waals surface area contributed by atoms with Crippen LogP contribution >= 0.6 is 0 Å². The third kappa shape index (κ3) is 4.52. The lowest BCUT2D eigenvalue weighted by Crippen LogP contribution is -2.39. The van der Waals surface area contributed by atoms with Crippen molar-refractivity contribution >= 4 is 0 Å². The lowest BCUT2D eigenvalue weighted by Gasteiger charge is -2.41. The fourth-order valence-electron chi connectivity index (χ4n) is 2.40. The molecule has 0 unspecified atom stereocenters. The van der Waals surface area contributed by atoms with E-state index >= 15 is 0 Å². The number of unbranched alkanes of at least 4 members (excludes halogenated alkanes) is 3. The third-order valence-corrected chi connectivity index (χ3v) is 3.93. The highest BCUT2D eigenvalue weighted by molar-refractivity contribution is 4.88. The van der Waals surface area contributed by atoms with Crippen LogP contribution in [0.4, 0.5) is 0 Å². The second kappa shape index (κ2) is 7.24. The minimum atomic E-state index is 0.354. The van der Waals surface area contributed by atoms with Crippen LogP contribution in [0.5, 0.6) is 0 Å². The number of nitrogens with one attached hydrogen (secondary N) is 1. The number of aliphatic hydroxyl groups excluding tert-OH is 1. The molecule has 2 heteroatoms. The third-order valence-electron chi connectivity index (χ3n) is 3.93. The topological polar surface area (TPSA) is 32.3 Å². The average Bonchev–Trinajstić information content (AvgIpc) is 2.20. The Bertz CT molecular complexity index is 149. The van der Waals surface area contributed by atoms with E-state index in [0.29, 0.717) is 12.0 Å². The Labute approximate surface area is 94.5 Å². The molecule has 1 fully saturated rings. The van der Waals surface area contributed by atoms with Gasteiger partial charge in [-0.25, -0.2) is 0 Å². The molecule has 0 aromatic heterocycles. The molecule has 0 aromatic rings. The summed E-state index contributed by atoms with van der Waals surface area (Å²) >= 11 is 0. The zero-order valence-electron chi connectivity index (χ0n) is 10.2. The summed E-state index contributed by atoms with van der Waals surface area (Å²) in [6.07, 6.45) is 10.3. The summed E-state index contributed by atoms with van der Waals surface area (Å²) < 4.78 is 0. The molecule has 0 radical (unpaired) electrons. The Morgan fingerprint density at radius 2 is 1.87 bits per heavy atom. The molecule has 0 aromatic carbocycles. The minimum Gasteiger partial charge on any atom is -0.396 e. The summed E-state index contributed by atoms with van der Waals surface area (Å²) in [5.41, 5.74) is 0.658. The molecule has 0 amide bonds. The van der Waals surface area contributed by atoms with Gasteiger partial charge < -0.3 is 10.4 Å². The van der Waals surface area contributed by atoms with Crippen molar-refractivity contribution in [3.8, 4) is 0 Å². The molecule has 1 saturated carbocycles. The predicted molar refractivity (Wildman–Crippen MR) is 65.0 cm³/mol. The smallest absolute Gasteiger partial charge is 0.0431 e. The zero-order valence-corrected chi connectivity index (χ0v) is 10.2. The average molecular weight is 213 g/mol. The van der Waals surface area contributed by atoms with E-state index in [-0.39, 0.29) is 0 Å². The maximum absolute atomic E-state index is 8.63. The second-order valence-electron chi connectivity index (χ2n) is 5.02. The van der Waals surface area contributed by atoms with Gasteiger partial charge in [0.15, 0.2) is 0 Å². The van der Waals surface area contributed by atoms with Gasteiger partial charge in [0.1, 0.15) is 0 Å². The van der Waals surface area contributed by atoms with Crippen LogP contribution in [-0.4, -0.2) is 24.8 Å². The van der Waals surface area contributed by atoms with Crippen molar-refractivity contribution in [2.75, 3.05) is 19.7 Å². The van der Waals surface area contributed by atoms with Crippen molar-refractivity contribution in [1.29, 1.82) is 0 Å². The van der Waals surface area contributed by atoms with E-state index in [0.717, 1.165) is 13.0 Å². The summed E-state index contributed by atoms with van der Waals surface area (Å²) in [5.74, 6) is 0. The quantitative estimate of drug-likeness (QED) is 0.577. The van der Waals surface area contributed by atoms with Crippen LogP contribution < -0.4 is 5.32 Å². The molecule has 2 N–H and O–H groups in total. The molecule has 2 nitrogen and oxygen atoms in total. The highest BCUT2D eigenvalue weighted by atomic mass is 16.2. The van der Waals surface area contributed by atoms with Gasteiger partial charge in [-0.3, -0.25) is 0 Å². The first-order chi connectivity index (χ1) is 7.33. The van der Waals surface area contributed by atoms with Crippen LogP contribution in [0.2, 0.25) is 0 Å². The first kappa shape index (κ1) is 13.0. The van der Waals surface area contributed by atoms with Gasteiger partial charge in [0, 0.05) is 13.2 Å². The van der Waals surface area contributed by atoms with Crippen molar-refractivity contribution in [3.05, 3.63) is 0 Å². The van der Waals surface area contributed by atoms with Gasteiger partial charge in [0.25, 0.3) is 0 Å². The summed E-state index contributed by atoms with van der Waals surface area (Å²) in [7, 11) is 0. The monoisotopic (exact) mass is 213 g/mol. The van der Waals surface area contributed by atoms with Gasteiger partial charge in [0.05, 0.1) is 0 Å². The Hall–Kier alpha value is -0.0800. The molecule has 0 saturated heterocycles. The molecular formula is C13H27NO. The van der Waals surface area contributed by atoms with E-state index in [4.69, 9.17) is 5.11 Å². The van der Waals surface area contributed by atoms with Crippen LogP contribution in [0, 0.1) is 5.41 Å². The molecule has 0 heterocycles. The van der Waals surface area contributed by atoms with Gasteiger partial charge in [-0.2, -0.15) is 0 Å². The lowest BCUT2D eigenvalue weighted by atomic mass is 9.67. The molecule has 1 aliphatic rings. The van der Waals surface area contributed by atoms with Crippen LogP contribution in [0.25, 0.3) is 0 Å². The minimum absolute atomic E-state index is 0.354. The predicted octanol–water partition coefficient (Wildman–Crippen LogP) is 2.71. The number of hydrogen-bond donors (Lipinski definition) is 2. The fourth-order valence-corrected chi connectivity index (χ4v) is 2.40. The fraction of sp³-hybridized carbons (Fsp3) is 1.00. The molecule has 0 spiro atoms. The van der Waals surface area contributed by atoms with Crippen molar-refractivity contribution in [3.63, 3.8) is 0 Å². The van der Waals surface area contributed by atoms with Gasteiger partial charge in [-0.05, 0) is 44.1 Å². The van der Waals surface area contributed by atoms with E-state index in [1.807, 2.05) is 0 Å². The molecule has 1 aliphatic carbocycles. The van der Waals surface area contributed by atoms with Crippen LogP contribution in [0.15, 0.2) is 0 Å². The van der Waals surface area contributed by atoms with E-state index in [1.54, 1.807) is 0 Å². The van der Waals surface area contributed by atoms with Crippen molar-refractivity contribution < 1.29 is 5.11 Å². The Morgan fingerprint density at radius 1 is 1.13 bits per heavy atom. The number of aliphatic hydroxyl groups is 1. The zero-order chi connectivity index (χ0) is 11.0.